The summed E-state index contributed by atoms with van der Waals surface area (Å²) in [5, 5.41) is 11.4. The van der Waals surface area contributed by atoms with Gasteiger partial charge in [-0.15, -0.1) is 0 Å². The lowest BCUT2D eigenvalue weighted by Crippen LogP contribution is -2.29. The molecule has 1 N–H and O–H groups in total. The number of fused-ring (bicyclic) bond motifs is 1. The maximum Gasteiger partial charge on any atom is 0.338 e. The summed E-state index contributed by atoms with van der Waals surface area (Å²) in [4.78, 5) is 40.3. The van der Waals surface area contributed by atoms with Gasteiger partial charge in [-0.3, -0.25) is 14.5 Å². The minimum atomic E-state index is -0.845. The molecule has 0 aliphatic carbocycles. The van der Waals surface area contributed by atoms with Crippen LogP contribution in [0.1, 0.15) is 53.4 Å². The van der Waals surface area contributed by atoms with Crippen LogP contribution < -0.4 is 9.64 Å². The van der Waals surface area contributed by atoms with Crippen molar-refractivity contribution in [3.05, 3.63) is 101 Å². The molecule has 3 aromatic rings. The van der Waals surface area contributed by atoms with E-state index in [0.717, 1.165) is 11.3 Å². The summed E-state index contributed by atoms with van der Waals surface area (Å²) in [5.74, 6) is -1.47. The highest BCUT2D eigenvalue weighted by Crippen LogP contribution is 2.43. The maximum absolute atomic E-state index is 13.4. The molecule has 3 aromatic carbocycles. The van der Waals surface area contributed by atoms with Gasteiger partial charge in [0.15, 0.2) is 0 Å². The average Bonchev–Trinajstić information content (AvgIpc) is 3.42. The lowest BCUT2D eigenvalue weighted by atomic mass is 9.94. The highest BCUT2D eigenvalue weighted by atomic mass is 16.5. The molecule has 1 saturated heterocycles. The molecule has 0 saturated carbocycles. The van der Waals surface area contributed by atoms with Crippen molar-refractivity contribution in [3.8, 4) is 5.75 Å². The number of ether oxygens (including phenoxy) is 2. The molecular weight excluding hydrogens is 470 g/mol. The molecule has 1 fully saturated rings. The zero-order valence-electron chi connectivity index (χ0n) is 20.6. The van der Waals surface area contributed by atoms with E-state index in [4.69, 9.17) is 9.47 Å². The predicted molar refractivity (Wildman–Crippen MR) is 138 cm³/mol. The number of Topliss-reactive ketones (excluding diaryl/α,β-unsaturated/α-hetero) is 1. The smallest absolute Gasteiger partial charge is 0.338 e. The molecule has 7 nitrogen and oxygen atoms in total. The van der Waals surface area contributed by atoms with Gasteiger partial charge < -0.3 is 14.6 Å². The number of esters is 1. The summed E-state index contributed by atoms with van der Waals surface area (Å²) in [6.45, 7) is 4.19. The quantitative estimate of drug-likeness (QED) is 0.218. The third-order valence-electron chi connectivity index (χ3n) is 6.55. The standard InChI is InChI=1S/C30H27NO6/c1-3-15-36-30(35)20-9-12-23(13-10-20)31-26(19-7-5-4-6-8-19)25(28(33)29(31)34)27(32)21-11-14-24-22(17-21)16-18(2)37-24/h4-14,17-18,26,32H,3,15-16H2,1-2H3/b27-25-. The number of carbonyl (C=O) groups is 3. The van der Waals surface area contributed by atoms with Crippen LogP contribution in [0.25, 0.3) is 5.76 Å². The molecule has 2 unspecified atom stereocenters. The largest absolute Gasteiger partial charge is 0.507 e. The van der Waals surface area contributed by atoms with E-state index in [1.807, 2.05) is 44.2 Å². The number of aliphatic hydroxyl groups is 1. The topological polar surface area (TPSA) is 93.1 Å². The van der Waals surface area contributed by atoms with Gasteiger partial charge in [0.1, 0.15) is 17.6 Å². The molecule has 7 heteroatoms. The number of rotatable bonds is 6. The second-order valence-corrected chi connectivity index (χ2v) is 9.22. The van der Waals surface area contributed by atoms with E-state index >= 15 is 0 Å². The highest BCUT2D eigenvalue weighted by Gasteiger charge is 2.47. The van der Waals surface area contributed by atoms with E-state index in [1.54, 1.807) is 42.5 Å². The summed E-state index contributed by atoms with van der Waals surface area (Å²) in [6, 6.07) is 19.9. The van der Waals surface area contributed by atoms with Gasteiger partial charge in [-0.1, -0.05) is 37.3 Å². The van der Waals surface area contributed by atoms with Crippen molar-refractivity contribution in [3.63, 3.8) is 0 Å². The Labute approximate surface area is 214 Å². The highest BCUT2D eigenvalue weighted by molar-refractivity contribution is 6.51. The van der Waals surface area contributed by atoms with Crippen molar-refractivity contribution >= 4 is 29.1 Å². The van der Waals surface area contributed by atoms with Gasteiger partial charge in [-0.25, -0.2) is 4.79 Å². The molecule has 0 aromatic heterocycles. The number of ketones is 1. The first-order valence-corrected chi connectivity index (χ1v) is 12.3. The number of nitrogens with zero attached hydrogens (tertiary/aromatic N) is 1. The fraction of sp³-hybridized carbons (Fsp3) is 0.233. The van der Waals surface area contributed by atoms with E-state index in [-0.39, 0.29) is 17.4 Å². The van der Waals surface area contributed by atoms with Crippen molar-refractivity contribution < 1.29 is 29.0 Å². The van der Waals surface area contributed by atoms with E-state index in [0.29, 0.717) is 41.8 Å². The van der Waals surface area contributed by atoms with Crippen molar-refractivity contribution in [1.82, 2.24) is 0 Å². The van der Waals surface area contributed by atoms with Crippen LogP contribution in [0.2, 0.25) is 0 Å². The van der Waals surface area contributed by atoms with Gasteiger partial charge in [0.05, 0.1) is 23.8 Å². The van der Waals surface area contributed by atoms with Crippen LogP contribution in [-0.4, -0.2) is 35.5 Å². The Morgan fingerprint density at radius 3 is 2.43 bits per heavy atom. The maximum atomic E-state index is 13.4. The second-order valence-electron chi connectivity index (χ2n) is 9.22. The summed E-state index contributed by atoms with van der Waals surface area (Å²) < 4.78 is 10.9. The van der Waals surface area contributed by atoms with E-state index in [2.05, 4.69) is 0 Å². The zero-order valence-corrected chi connectivity index (χ0v) is 20.6. The summed E-state index contributed by atoms with van der Waals surface area (Å²) in [6.07, 6.45) is 1.44. The van der Waals surface area contributed by atoms with Gasteiger partial charge in [0, 0.05) is 17.7 Å². The number of amides is 1. The molecule has 188 valence electrons. The van der Waals surface area contributed by atoms with Gasteiger partial charge in [-0.05, 0) is 66.9 Å². The minimum absolute atomic E-state index is 0.00884. The fourth-order valence-corrected chi connectivity index (χ4v) is 4.81. The fourth-order valence-electron chi connectivity index (χ4n) is 4.81. The Kier molecular flexibility index (Phi) is 6.53. The van der Waals surface area contributed by atoms with Crippen LogP contribution in [0.4, 0.5) is 5.69 Å². The predicted octanol–water partition coefficient (Wildman–Crippen LogP) is 5.20. The molecule has 1 amide bonds. The monoisotopic (exact) mass is 497 g/mol. The van der Waals surface area contributed by atoms with Crippen molar-refractivity contribution in [2.24, 2.45) is 0 Å². The zero-order chi connectivity index (χ0) is 26.1. The van der Waals surface area contributed by atoms with Gasteiger partial charge >= 0.3 is 5.97 Å². The molecule has 2 aliphatic heterocycles. The van der Waals surface area contributed by atoms with Crippen LogP contribution in [0.3, 0.4) is 0 Å². The van der Waals surface area contributed by atoms with E-state index in [1.165, 1.54) is 4.90 Å². The molecule has 37 heavy (non-hydrogen) atoms. The lowest BCUT2D eigenvalue weighted by molar-refractivity contribution is -0.132. The van der Waals surface area contributed by atoms with Crippen LogP contribution in [0, 0.1) is 0 Å². The summed E-state index contributed by atoms with van der Waals surface area (Å²) in [7, 11) is 0. The van der Waals surface area contributed by atoms with Crippen LogP contribution in [0.5, 0.6) is 5.75 Å². The molecule has 2 heterocycles. The average molecular weight is 498 g/mol. The first-order valence-electron chi connectivity index (χ1n) is 12.3. The number of hydrogen-bond acceptors (Lipinski definition) is 6. The Balaban J connectivity index is 1.58. The number of anilines is 1. The van der Waals surface area contributed by atoms with Gasteiger partial charge in [0.2, 0.25) is 0 Å². The molecule has 2 atom stereocenters. The van der Waals surface area contributed by atoms with Crippen LogP contribution in [-0.2, 0) is 20.7 Å². The van der Waals surface area contributed by atoms with Crippen LogP contribution >= 0.6 is 0 Å². The Hall–Kier alpha value is -4.39. The Bertz CT molecular complexity index is 1390. The molecular formula is C30H27NO6. The number of benzene rings is 3. The molecule has 2 aliphatic rings. The third kappa shape index (κ3) is 4.48. The van der Waals surface area contributed by atoms with E-state index < -0.39 is 23.7 Å². The van der Waals surface area contributed by atoms with Gasteiger partial charge in [-0.2, -0.15) is 0 Å². The van der Waals surface area contributed by atoms with Gasteiger partial charge in [0.25, 0.3) is 11.7 Å². The number of hydrogen-bond donors (Lipinski definition) is 1. The lowest BCUT2D eigenvalue weighted by Gasteiger charge is -2.25. The SMILES string of the molecule is CCCOC(=O)c1ccc(N2C(=O)C(=O)/C(=C(\O)c3ccc4c(c3)CC(C)O4)C2c2ccccc2)cc1. The second kappa shape index (κ2) is 9.93. The van der Waals surface area contributed by atoms with Crippen molar-refractivity contribution in [2.75, 3.05) is 11.5 Å². The first-order chi connectivity index (χ1) is 17.9. The normalized spacial score (nSPS) is 20.0. The third-order valence-corrected chi connectivity index (χ3v) is 6.55. The van der Waals surface area contributed by atoms with E-state index in [9.17, 15) is 19.5 Å². The molecule has 5 rings (SSSR count). The first kappa shape index (κ1) is 24.3. The molecule has 0 radical (unpaired) electrons. The van der Waals surface area contributed by atoms with Crippen molar-refractivity contribution in [2.45, 2.75) is 38.8 Å². The minimum Gasteiger partial charge on any atom is -0.507 e. The molecule has 0 spiro atoms. The Morgan fingerprint density at radius 2 is 1.73 bits per heavy atom. The molecule has 0 bridgehead atoms. The summed E-state index contributed by atoms with van der Waals surface area (Å²) in [5.41, 5.74) is 2.84. The number of aliphatic hydroxyl groups excluding tert-OH is 1. The van der Waals surface area contributed by atoms with Crippen LogP contribution in [0.15, 0.2) is 78.4 Å². The number of carbonyl (C=O) groups excluding carboxylic acids is 3. The Morgan fingerprint density at radius 1 is 1.03 bits per heavy atom. The van der Waals surface area contributed by atoms with Crippen molar-refractivity contribution in [1.29, 1.82) is 0 Å². The summed E-state index contributed by atoms with van der Waals surface area (Å²) >= 11 is 0.